The number of aliphatic hydroxyl groups excluding tert-OH is 2. The van der Waals surface area contributed by atoms with Gasteiger partial charge < -0.3 is 15.1 Å². The van der Waals surface area contributed by atoms with E-state index in [1.54, 1.807) is 6.07 Å². The highest BCUT2D eigenvalue weighted by atomic mass is 32.2. The van der Waals surface area contributed by atoms with E-state index in [1.807, 2.05) is 6.07 Å². The van der Waals surface area contributed by atoms with Gasteiger partial charge in [0.2, 0.25) is 0 Å². The predicted molar refractivity (Wildman–Crippen MR) is 135 cm³/mol. The minimum atomic E-state index is -4.78. The number of aliphatic hydroxyl groups is 2. The zero-order chi connectivity index (χ0) is 30.4. The number of nitriles is 2. The smallest absolute Gasteiger partial charge is 0.388 e. The predicted octanol–water partition coefficient (Wildman–Crippen LogP) is 2.92. The number of rotatable bonds is 3. The van der Waals surface area contributed by atoms with Crippen molar-refractivity contribution in [2.75, 3.05) is 24.2 Å². The van der Waals surface area contributed by atoms with Gasteiger partial charge >= 0.3 is 18.2 Å². The molecule has 0 radical (unpaired) electrons. The van der Waals surface area contributed by atoms with Gasteiger partial charge in [0.05, 0.1) is 64.7 Å². The van der Waals surface area contributed by atoms with Gasteiger partial charge in [0.15, 0.2) is 9.84 Å². The lowest BCUT2D eigenvalue weighted by Crippen LogP contribution is -2.56. The van der Waals surface area contributed by atoms with Crippen molar-refractivity contribution >= 4 is 27.6 Å². The van der Waals surface area contributed by atoms with Gasteiger partial charge in [0, 0.05) is 12.0 Å². The van der Waals surface area contributed by atoms with Crippen LogP contribution in [-0.4, -0.2) is 72.0 Å². The molecule has 4 rings (SSSR count). The molecule has 0 spiro atoms. The summed E-state index contributed by atoms with van der Waals surface area (Å²) in [6, 6.07) is 6.67. The summed E-state index contributed by atoms with van der Waals surface area (Å²) in [6.07, 6.45) is -6.69. The molecule has 0 unspecified atom stereocenters. The van der Waals surface area contributed by atoms with Crippen LogP contribution >= 0.6 is 0 Å². The topological polar surface area (TPSA) is 166 Å². The number of imide groups is 1. The van der Waals surface area contributed by atoms with Crippen LogP contribution in [0.25, 0.3) is 0 Å². The van der Waals surface area contributed by atoms with Crippen molar-refractivity contribution in [1.29, 1.82) is 10.5 Å². The Morgan fingerprint density at radius 2 is 1.68 bits per heavy atom. The molecule has 2 aromatic rings. The Hall–Kier alpha value is -4.44. The zero-order valence-corrected chi connectivity index (χ0v) is 22.3. The van der Waals surface area contributed by atoms with E-state index in [0.29, 0.717) is 11.0 Å². The van der Waals surface area contributed by atoms with Crippen LogP contribution < -0.4 is 4.90 Å². The molecule has 214 valence electrons. The zero-order valence-electron chi connectivity index (χ0n) is 21.5. The SMILES string of the molecule is CC1=C(C#N)[C@@H](c2ccc(C#N)cc2S(C)(=O)=O)N(C(=O)N2C[C@H](O)[C@@H](O)C2)C(=O)N1c1cccc(C(F)(F)F)c1. The maximum atomic E-state index is 14.0. The van der Waals surface area contributed by atoms with Crippen LogP contribution in [0.15, 0.2) is 58.6 Å². The Bertz CT molecular complexity index is 1650. The lowest BCUT2D eigenvalue weighted by atomic mass is 9.93. The summed E-state index contributed by atoms with van der Waals surface area (Å²) in [5.41, 5.74) is -2.22. The molecule has 0 aliphatic carbocycles. The van der Waals surface area contributed by atoms with E-state index in [4.69, 9.17) is 0 Å². The Balaban J connectivity index is 2.01. The number of hydrogen-bond donors (Lipinski definition) is 2. The molecule has 0 bridgehead atoms. The first-order chi connectivity index (χ1) is 19.1. The van der Waals surface area contributed by atoms with Gasteiger partial charge in [-0.1, -0.05) is 12.1 Å². The second kappa shape index (κ2) is 10.5. The maximum absolute atomic E-state index is 14.0. The number of alkyl halides is 3. The van der Waals surface area contributed by atoms with Crippen molar-refractivity contribution in [1.82, 2.24) is 9.80 Å². The Morgan fingerprint density at radius 3 is 2.22 bits per heavy atom. The highest BCUT2D eigenvalue weighted by molar-refractivity contribution is 7.90. The molecule has 2 N–H and O–H groups in total. The summed E-state index contributed by atoms with van der Waals surface area (Å²) < 4.78 is 66.0. The van der Waals surface area contributed by atoms with E-state index in [9.17, 15) is 51.9 Å². The van der Waals surface area contributed by atoms with E-state index < -0.39 is 69.9 Å². The third-order valence-corrected chi connectivity index (χ3v) is 7.93. The first-order valence-electron chi connectivity index (χ1n) is 11.9. The molecule has 0 aromatic heterocycles. The van der Waals surface area contributed by atoms with Gasteiger partial charge in [0.25, 0.3) is 0 Å². The van der Waals surface area contributed by atoms with Crippen molar-refractivity contribution < 1.29 is 41.4 Å². The number of likely N-dealkylation sites (tertiary alicyclic amines) is 1. The molecule has 41 heavy (non-hydrogen) atoms. The number of β-amino-alcohol motifs (C(OH)–C–C–N with tert-alkyl or cyclic N) is 2. The summed E-state index contributed by atoms with van der Waals surface area (Å²) in [4.78, 5) is 29.5. The maximum Gasteiger partial charge on any atom is 0.416 e. The second-order valence-electron chi connectivity index (χ2n) is 9.51. The van der Waals surface area contributed by atoms with Crippen molar-refractivity contribution in [2.45, 2.75) is 36.2 Å². The van der Waals surface area contributed by atoms with Gasteiger partial charge in [-0.05, 0) is 42.8 Å². The van der Waals surface area contributed by atoms with E-state index in [0.717, 1.165) is 34.3 Å². The van der Waals surface area contributed by atoms with Gasteiger partial charge in [-0.15, -0.1) is 0 Å². The van der Waals surface area contributed by atoms with Crippen molar-refractivity contribution in [3.8, 4) is 12.1 Å². The lowest BCUT2D eigenvalue weighted by Gasteiger charge is -2.42. The van der Waals surface area contributed by atoms with Crippen LogP contribution in [0.1, 0.15) is 29.7 Å². The van der Waals surface area contributed by atoms with Crippen molar-refractivity contribution in [2.24, 2.45) is 0 Å². The quantitative estimate of drug-likeness (QED) is 0.551. The average Bonchev–Trinajstić information content (AvgIpc) is 3.24. The number of amides is 4. The molecule has 2 heterocycles. The van der Waals surface area contributed by atoms with Gasteiger partial charge in [-0.3, -0.25) is 4.90 Å². The van der Waals surface area contributed by atoms with Crippen LogP contribution in [0, 0.1) is 22.7 Å². The number of hydrogen-bond acceptors (Lipinski definition) is 8. The monoisotopic (exact) mass is 589 g/mol. The van der Waals surface area contributed by atoms with Gasteiger partial charge in [-0.2, -0.15) is 23.7 Å². The molecule has 4 amide bonds. The summed E-state index contributed by atoms with van der Waals surface area (Å²) in [5.74, 6) is 0. The Kier molecular flexibility index (Phi) is 7.57. The lowest BCUT2D eigenvalue weighted by molar-refractivity contribution is -0.137. The van der Waals surface area contributed by atoms with Crippen LogP contribution in [0.5, 0.6) is 0 Å². The van der Waals surface area contributed by atoms with Crippen LogP contribution in [-0.2, 0) is 16.0 Å². The fourth-order valence-corrected chi connectivity index (χ4v) is 5.74. The number of halogens is 3. The fraction of sp³-hybridized carbons (Fsp3) is 0.308. The van der Waals surface area contributed by atoms with E-state index in [2.05, 4.69) is 0 Å². The number of carbonyl (C=O) groups is 2. The van der Waals surface area contributed by atoms with E-state index >= 15 is 0 Å². The largest absolute Gasteiger partial charge is 0.416 e. The number of nitrogens with zero attached hydrogens (tertiary/aromatic N) is 5. The molecule has 2 aliphatic rings. The average molecular weight is 590 g/mol. The Labute approximate surface area is 232 Å². The second-order valence-corrected chi connectivity index (χ2v) is 11.5. The first-order valence-corrected chi connectivity index (χ1v) is 13.8. The minimum absolute atomic E-state index is 0.0650. The summed E-state index contributed by atoms with van der Waals surface area (Å²) >= 11 is 0. The molecule has 1 saturated heterocycles. The third-order valence-electron chi connectivity index (χ3n) is 6.78. The van der Waals surface area contributed by atoms with Gasteiger partial charge in [-0.25, -0.2) is 22.9 Å². The van der Waals surface area contributed by atoms with Crippen molar-refractivity contribution in [3.05, 3.63) is 70.4 Å². The van der Waals surface area contributed by atoms with Gasteiger partial charge in [0.1, 0.15) is 6.04 Å². The fourth-order valence-electron chi connectivity index (χ4n) is 4.79. The number of sulfone groups is 1. The van der Waals surface area contributed by atoms with Crippen LogP contribution in [0.2, 0.25) is 0 Å². The summed E-state index contributed by atoms with van der Waals surface area (Å²) in [6.45, 7) is 0.423. The minimum Gasteiger partial charge on any atom is -0.388 e. The number of allylic oxidation sites excluding steroid dienone is 1. The summed E-state index contributed by atoms with van der Waals surface area (Å²) in [5, 5.41) is 39.6. The van der Waals surface area contributed by atoms with E-state index in [-0.39, 0.29) is 28.1 Å². The number of urea groups is 2. The first kappa shape index (κ1) is 29.5. The molecule has 1 fully saturated rings. The molecular formula is C26H22F3N5O6S. The highest BCUT2D eigenvalue weighted by Crippen LogP contribution is 2.43. The standard InChI is InChI=1S/C26H22F3N5O6S/c1-14-19(11-31)23(18-7-6-15(10-30)8-22(18)41(2,39)40)34(24(37)32-12-20(35)21(36)13-32)25(38)33(14)17-5-3-4-16(9-17)26(27,28)29/h3-9,20-21,23,35-36H,12-13H2,1-2H3/t20-,21-,23+/m0/s1. The molecule has 0 saturated carbocycles. The molecule has 2 aliphatic heterocycles. The summed E-state index contributed by atoms with van der Waals surface area (Å²) in [7, 11) is -4.12. The number of anilines is 1. The molecule has 3 atom stereocenters. The Morgan fingerprint density at radius 1 is 1.05 bits per heavy atom. The molecule has 11 nitrogen and oxygen atoms in total. The molecule has 2 aromatic carbocycles. The molecular weight excluding hydrogens is 567 g/mol. The van der Waals surface area contributed by atoms with Crippen LogP contribution in [0.3, 0.4) is 0 Å². The van der Waals surface area contributed by atoms with Crippen molar-refractivity contribution in [3.63, 3.8) is 0 Å². The van der Waals surface area contributed by atoms with Crippen LogP contribution in [0.4, 0.5) is 28.4 Å². The van der Waals surface area contributed by atoms with E-state index in [1.165, 1.54) is 25.1 Å². The highest BCUT2D eigenvalue weighted by Gasteiger charge is 2.48. The number of benzene rings is 2. The normalized spacial score (nSPS) is 21.6. The molecule has 15 heteroatoms. The number of carbonyl (C=O) groups excluding carboxylic acids is 2. The third kappa shape index (κ3) is 5.35.